The number of carboxylic acid groups (broad SMARTS) is 1. The molecule has 0 aliphatic carbocycles. The van der Waals surface area contributed by atoms with Gasteiger partial charge in [-0.15, -0.1) is 0 Å². The quantitative estimate of drug-likeness (QED) is 0.130. The first-order valence-electron chi connectivity index (χ1n) is 13.8. The van der Waals surface area contributed by atoms with Gasteiger partial charge in [0.05, 0.1) is 0 Å². The van der Waals surface area contributed by atoms with Crippen LogP contribution in [0.3, 0.4) is 0 Å². The summed E-state index contributed by atoms with van der Waals surface area (Å²) in [5, 5.41) is 21.8. The molecule has 6 N–H and O–H groups in total. The minimum absolute atomic E-state index is 0.0737. The monoisotopic (exact) mass is 589 g/mol. The van der Waals surface area contributed by atoms with Gasteiger partial charge >= 0.3 is 24.4 Å². The van der Waals surface area contributed by atoms with E-state index in [2.05, 4.69) is 26.6 Å². The lowest BCUT2D eigenvalue weighted by Crippen LogP contribution is -2.47. The van der Waals surface area contributed by atoms with E-state index in [9.17, 15) is 24.0 Å². The third-order valence-electron chi connectivity index (χ3n) is 4.82. The Labute approximate surface area is 243 Å². The fourth-order valence-electron chi connectivity index (χ4n) is 3.33. The van der Waals surface area contributed by atoms with Gasteiger partial charge in [-0.3, -0.25) is 4.79 Å². The summed E-state index contributed by atoms with van der Waals surface area (Å²) < 4.78 is 15.8. The first-order chi connectivity index (χ1) is 18.6. The van der Waals surface area contributed by atoms with Gasteiger partial charge in [0, 0.05) is 38.1 Å². The van der Waals surface area contributed by atoms with Crippen molar-refractivity contribution < 1.29 is 43.3 Å². The second kappa shape index (κ2) is 17.4. The van der Waals surface area contributed by atoms with Crippen molar-refractivity contribution in [2.75, 3.05) is 19.6 Å². The molecule has 0 aliphatic heterocycles. The van der Waals surface area contributed by atoms with E-state index in [4.69, 9.17) is 19.3 Å². The van der Waals surface area contributed by atoms with Crippen LogP contribution in [-0.2, 0) is 19.0 Å². The predicted molar refractivity (Wildman–Crippen MR) is 153 cm³/mol. The van der Waals surface area contributed by atoms with Gasteiger partial charge in [-0.25, -0.2) is 19.2 Å². The maximum atomic E-state index is 12.8. The molecule has 5 amide bonds. The lowest BCUT2D eigenvalue weighted by Gasteiger charge is -2.25. The molecule has 0 rings (SSSR count). The minimum Gasteiger partial charge on any atom is -0.465 e. The lowest BCUT2D eigenvalue weighted by molar-refractivity contribution is -0.121. The van der Waals surface area contributed by atoms with Gasteiger partial charge < -0.3 is 45.9 Å². The first kappa shape index (κ1) is 37.6. The Morgan fingerprint density at radius 1 is 0.610 bits per heavy atom. The van der Waals surface area contributed by atoms with Gasteiger partial charge in [0.2, 0.25) is 5.91 Å². The highest BCUT2D eigenvalue weighted by atomic mass is 16.6. The fourth-order valence-corrected chi connectivity index (χ4v) is 3.33. The van der Waals surface area contributed by atoms with Gasteiger partial charge in [0.15, 0.2) is 0 Å². The van der Waals surface area contributed by atoms with E-state index in [1.165, 1.54) is 0 Å². The highest BCUT2D eigenvalue weighted by molar-refractivity contribution is 5.78. The zero-order chi connectivity index (χ0) is 31.9. The minimum atomic E-state index is -1.16. The number of carbonyl (C=O) groups excluding carboxylic acids is 4. The molecular formula is C27H51N5O9. The van der Waals surface area contributed by atoms with E-state index in [-0.39, 0.29) is 25.4 Å². The molecule has 0 aliphatic rings. The Bertz CT molecular complexity index is 861. The Morgan fingerprint density at radius 2 is 1.02 bits per heavy atom. The van der Waals surface area contributed by atoms with Crippen molar-refractivity contribution in [1.29, 1.82) is 0 Å². The van der Waals surface area contributed by atoms with Crippen molar-refractivity contribution in [3.05, 3.63) is 0 Å². The number of rotatable bonds is 14. The molecule has 0 aromatic carbocycles. The molecule has 0 bridgehead atoms. The van der Waals surface area contributed by atoms with E-state index in [0.717, 1.165) is 0 Å². The van der Waals surface area contributed by atoms with Crippen LogP contribution in [0.2, 0.25) is 0 Å². The fraction of sp³-hybridized carbons (Fsp3) is 0.815. The molecule has 0 unspecified atom stereocenters. The van der Waals surface area contributed by atoms with Gasteiger partial charge in [-0.1, -0.05) is 0 Å². The van der Waals surface area contributed by atoms with Gasteiger partial charge in [-0.05, 0) is 88.0 Å². The molecule has 2 atom stereocenters. The summed E-state index contributed by atoms with van der Waals surface area (Å²) in [7, 11) is 0. The van der Waals surface area contributed by atoms with E-state index in [0.29, 0.717) is 32.2 Å². The van der Waals surface area contributed by atoms with E-state index in [1.807, 2.05) is 0 Å². The van der Waals surface area contributed by atoms with Crippen molar-refractivity contribution in [2.24, 2.45) is 0 Å². The zero-order valence-electron chi connectivity index (χ0n) is 26.0. The van der Waals surface area contributed by atoms with Crippen LogP contribution in [0.4, 0.5) is 19.2 Å². The van der Waals surface area contributed by atoms with Crippen LogP contribution >= 0.6 is 0 Å². The molecule has 14 nitrogen and oxygen atoms in total. The van der Waals surface area contributed by atoms with Gasteiger partial charge in [-0.2, -0.15) is 0 Å². The van der Waals surface area contributed by atoms with Crippen molar-refractivity contribution in [3.63, 3.8) is 0 Å². The average Bonchev–Trinajstić information content (AvgIpc) is 2.73. The SMILES string of the molecule is CC(C)(C)OC(=O)NCCC[C@@H](CNC(=O)C[C@H](CCCNC(=O)O)NC(=O)OC(C)(C)C)NC(=O)OC(C)(C)C. The molecular weight excluding hydrogens is 538 g/mol. The molecule has 0 aromatic rings. The van der Waals surface area contributed by atoms with E-state index in [1.54, 1.807) is 62.3 Å². The molecule has 0 heterocycles. The first-order valence-corrected chi connectivity index (χ1v) is 13.8. The average molecular weight is 590 g/mol. The maximum Gasteiger partial charge on any atom is 0.407 e. The summed E-state index contributed by atoms with van der Waals surface area (Å²) >= 11 is 0. The third kappa shape index (κ3) is 24.1. The predicted octanol–water partition coefficient (Wildman–Crippen LogP) is 3.63. The number of alkyl carbamates (subject to hydrolysis) is 3. The van der Waals surface area contributed by atoms with E-state index < -0.39 is 53.3 Å². The van der Waals surface area contributed by atoms with Crippen LogP contribution in [0.15, 0.2) is 0 Å². The number of ether oxygens (including phenoxy) is 3. The molecule has 238 valence electrons. The highest BCUT2D eigenvalue weighted by Gasteiger charge is 2.23. The van der Waals surface area contributed by atoms with Crippen LogP contribution in [0.1, 0.15) is 94.4 Å². The molecule has 0 saturated heterocycles. The van der Waals surface area contributed by atoms with Gasteiger partial charge in [0.25, 0.3) is 0 Å². The Kier molecular flexibility index (Phi) is 15.9. The molecule has 0 aromatic heterocycles. The number of nitrogens with one attached hydrogen (secondary N) is 5. The number of carbonyl (C=O) groups is 5. The topological polar surface area (TPSA) is 193 Å². The summed E-state index contributed by atoms with van der Waals surface area (Å²) in [6, 6.07) is -1.12. The number of hydrogen-bond donors (Lipinski definition) is 6. The second-order valence-electron chi connectivity index (χ2n) is 12.6. The maximum absolute atomic E-state index is 12.8. The summed E-state index contributed by atoms with van der Waals surface area (Å²) in [5.74, 6) is -0.389. The van der Waals surface area contributed by atoms with Crippen molar-refractivity contribution in [3.8, 4) is 0 Å². The van der Waals surface area contributed by atoms with Crippen LogP contribution in [0.25, 0.3) is 0 Å². The Hall–Kier alpha value is -3.45. The largest absolute Gasteiger partial charge is 0.465 e. The second-order valence-corrected chi connectivity index (χ2v) is 12.6. The van der Waals surface area contributed by atoms with Crippen molar-refractivity contribution in [1.82, 2.24) is 26.6 Å². The van der Waals surface area contributed by atoms with Crippen LogP contribution in [0, 0.1) is 0 Å². The molecule has 14 heteroatoms. The number of hydrogen-bond acceptors (Lipinski definition) is 8. The molecule has 41 heavy (non-hydrogen) atoms. The van der Waals surface area contributed by atoms with Crippen LogP contribution in [0.5, 0.6) is 0 Å². The number of amides is 5. The molecule has 0 radical (unpaired) electrons. The zero-order valence-corrected chi connectivity index (χ0v) is 26.0. The smallest absolute Gasteiger partial charge is 0.407 e. The van der Waals surface area contributed by atoms with Crippen molar-refractivity contribution >= 4 is 30.3 Å². The highest BCUT2D eigenvalue weighted by Crippen LogP contribution is 2.10. The van der Waals surface area contributed by atoms with E-state index >= 15 is 0 Å². The molecule has 0 spiro atoms. The summed E-state index contributed by atoms with van der Waals surface area (Å²) in [6.07, 6.45) is -1.54. The summed E-state index contributed by atoms with van der Waals surface area (Å²) in [4.78, 5) is 60.1. The van der Waals surface area contributed by atoms with Crippen LogP contribution < -0.4 is 26.6 Å². The van der Waals surface area contributed by atoms with Crippen LogP contribution in [-0.4, -0.2) is 83.9 Å². The molecule has 0 saturated carbocycles. The van der Waals surface area contributed by atoms with Gasteiger partial charge in [0.1, 0.15) is 16.8 Å². The Morgan fingerprint density at radius 3 is 1.49 bits per heavy atom. The molecule has 0 fully saturated rings. The summed E-state index contributed by atoms with van der Waals surface area (Å²) in [5.41, 5.74) is -2.08. The standard InChI is InChI=1S/C27H51N5O9/c1-25(2,3)39-22(36)29-15-11-13-19(32-24(38)41-27(7,8)9)17-30-20(33)16-18(12-10-14-28-21(34)35)31-23(37)40-26(4,5)6/h18-19,28H,10-17H2,1-9H3,(H,29,36)(H,30,33)(H,31,37)(H,32,38)(H,34,35)/t18-,19-/m0/s1. The third-order valence-corrected chi connectivity index (χ3v) is 4.82. The summed E-state index contributed by atoms with van der Waals surface area (Å²) in [6.45, 7) is 16.1. The lowest BCUT2D eigenvalue weighted by atomic mass is 10.1. The van der Waals surface area contributed by atoms with Crippen molar-refractivity contribution in [2.45, 2.75) is 123 Å². The Balaban J connectivity index is 5.13. The normalized spacial score (nSPS) is 13.2.